The van der Waals surface area contributed by atoms with Gasteiger partial charge in [-0.1, -0.05) is 0 Å². The molecule has 1 N–H and O–H groups in total. The number of halogens is 3. The molecule has 0 aliphatic carbocycles. The van der Waals surface area contributed by atoms with Gasteiger partial charge in [-0.05, 0) is 86.6 Å². The highest BCUT2D eigenvalue weighted by Gasteiger charge is 2.21. The van der Waals surface area contributed by atoms with Gasteiger partial charge in [-0.3, -0.25) is 4.90 Å². The normalized spacial score (nSPS) is 15.7. The lowest BCUT2D eigenvalue weighted by Gasteiger charge is -2.31. The Hall–Kier alpha value is -1.84. The predicted molar refractivity (Wildman–Crippen MR) is 99.6 cm³/mol. The van der Waals surface area contributed by atoms with Crippen LogP contribution < -0.4 is 10.1 Å². The Morgan fingerprint density at radius 3 is 2.56 bits per heavy atom. The summed E-state index contributed by atoms with van der Waals surface area (Å²) in [6.07, 6.45) is 3.58. The molecule has 1 aromatic heterocycles. The largest absolute Gasteiger partial charge is 0.435 e. The van der Waals surface area contributed by atoms with Crippen molar-refractivity contribution in [2.24, 2.45) is 5.92 Å². The number of alkyl halides is 2. The maximum atomic E-state index is 12.2. The second kappa shape index (κ2) is 10.5. The lowest BCUT2D eigenvalue weighted by molar-refractivity contribution is -0.0498. The molecule has 2 aromatic rings. The van der Waals surface area contributed by atoms with Crippen molar-refractivity contribution in [1.82, 2.24) is 30.4 Å². The number of ether oxygens (including phenoxy) is 1. The van der Waals surface area contributed by atoms with Crippen molar-refractivity contribution in [2.45, 2.75) is 32.4 Å². The van der Waals surface area contributed by atoms with Crippen LogP contribution in [0.2, 0.25) is 0 Å². The third kappa shape index (κ3) is 6.08. The molecule has 1 aromatic carbocycles. The fraction of sp³-hybridized carbons (Fsp3) is 0.588. The SMILES string of the molecule is CNCCC1CCN(Cc2nnnn2-c2ccc(OC(F)F)cc2)CC1.Cl. The van der Waals surface area contributed by atoms with Crippen LogP contribution in [0.15, 0.2) is 24.3 Å². The number of hydrogen-bond acceptors (Lipinski definition) is 6. The van der Waals surface area contributed by atoms with Gasteiger partial charge >= 0.3 is 6.61 Å². The van der Waals surface area contributed by atoms with Crippen LogP contribution in [-0.2, 0) is 6.54 Å². The highest BCUT2D eigenvalue weighted by atomic mass is 35.5. The van der Waals surface area contributed by atoms with E-state index in [0.29, 0.717) is 6.54 Å². The molecule has 1 aliphatic heterocycles. The van der Waals surface area contributed by atoms with E-state index in [0.717, 1.165) is 37.1 Å². The van der Waals surface area contributed by atoms with Crippen LogP contribution in [0.4, 0.5) is 8.78 Å². The van der Waals surface area contributed by atoms with Gasteiger partial charge in [0.15, 0.2) is 5.82 Å². The summed E-state index contributed by atoms with van der Waals surface area (Å²) in [4.78, 5) is 2.35. The Balaban J connectivity index is 0.00000261. The highest BCUT2D eigenvalue weighted by Crippen LogP contribution is 2.22. The topological polar surface area (TPSA) is 68.1 Å². The average molecular weight is 403 g/mol. The molecule has 7 nitrogen and oxygen atoms in total. The van der Waals surface area contributed by atoms with Gasteiger partial charge in [0.25, 0.3) is 0 Å². The van der Waals surface area contributed by atoms with Crippen LogP contribution >= 0.6 is 12.4 Å². The van der Waals surface area contributed by atoms with Crippen LogP contribution in [0.1, 0.15) is 25.1 Å². The second-order valence-electron chi connectivity index (χ2n) is 6.49. The van der Waals surface area contributed by atoms with Crippen molar-refractivity contribution >= 4 is 12.4 Å². The Bertz CT molecular complexity index is 676. The molecule has 1 saturated heterocycles. The van der Waals surface area contributed by atoms with Gasteiger partial charge in [0.05, 0.1) is 12.2 Å². The minimum atomic E-state index is -2.83. The quantitative estimate of drug-likeness (QED) is 0.731. The first-order valence-electron chi connectivity index (χ1n) is 8.85. The van der Waals surface area contributed by atoms with E-state index in [4.69, 9.17) is 0 Å². The van der Waals surface area contributed by atoms with Crippen LogP contribution in [0.5, 0.6) is 5.75 Å². The van der Waals surface area contributed by atoms with Gasteiger partial charge in [-0.2, -0.15) is 13.5 Å². The zero-order chi connectivity index (χ0) is 18.4. The Morgan fingerprint density at radius 2 is 1.93 bits per heavy atom. The summed E-state index contributed by atoms with van der Waals surface area (Å²) < 4.78 is 30.5. The molecule has 0 saturated carbocycles. The van der Waals surface area contributed by atoms with E-state index in [1.165, 1.54) is 31.4 Å². The van der Waals surface area contributed by atoms with E-state index in [9.17, 15) is 8.78 Å². The number of piperidine rings is 1. The van der Waals surface area contributed by atoms with Gasteiger partial charge < -0.3 is 10.1 Å². The molecule has 0 spiro atoms. The van der Waals surface area contributed by atoms with Gasteiger partial charge in [-0.25, -0.2) is 0 Å². The van der Waals surface area contributed by atoms with E-state index in [1.54, 1.807) is 16.8 Å². The first kappa shape index (κ1) is 21.5. The maximum Gasteiger partial charge on any atom is 0.387 e. The van der Waals surface area contributed by atoms with Crippen LogP contribution in [0.25, 0.3) is 5.69 Å². The second-order valence-corrected chi connectivity index (χ2v) is 6.49. The number of nitrogens with zero attached hydrogens (tertiary/aromatic N) is 5. The van der Waals surface area contributed by atoms with E-state index in [2.05, 4.69) is 30.5 Å². The molecular weight excluding hydrogens is 378 g/mol. The average Bonchev–Trinajstić information content (AvgIpc) is 3.09. The number of hydrogen-bond donors (Lipinski definition) is 1. The summed E-state index contributed by atoms with van der Waals surface area (Å²) in [6, 6.07) is 6.31. The van der Waals surface area contributed by atoms with E-state index in [1.807, 2.05) is 7.05 Å². The van der Waals surface area contributed by atoms with Crippen LogP contribution in [0.3, 0.4) is 0 Å². The Kier molecular flexibility index (Phi) is 8.33. The Labute approximate surface area is 163 Å². The number of aromatic nitrogens is 4. The van der Waals surface area contributed by atoms with Crippen LogP contribution in [0, 0.1) is 5.92 Å². The summed E-state index contributed by atoms with van der Waals surface area (Å²) in [6.45, 7) is 0.959. The molecule has 10 heteroatoms. The van der Waals surface area contributed by atoms with Crippen molar-refractivity contribution in [1.29, 1.82) is 0 Å². The summed E-state index contributed by atoms with van der Waals surface area (Å²) in [5.41, 5.74) is 0.718. The predicted octanol–water partition coefficient (Wildman–Crippen LogP) is 2.51. The molecule has 1 aliphatic rings. The molecule has 0 amide bonds. The first-order chi connectivity index (χ1) is 12.7. The standard InChI is InChI=1S/C17H24F2N6O.ClH/c1-20-9-6-13-7-10-24(11-8-13)12-16-21-22-23-25(16)14-2-4-15(5-3-14)26-17(18)19;/h2-5,13,17,20H,6-12H2,1H3;1H. The monoisotopic (exact) mass is 402 g/mol. The molecular formula is C17H25ClF2N6O. The minimum Gasteiger partial charge on any atom is -0.435 e. The number of rotatable bonds is 8. The van der Waals surface area contributed by atoms with E-state index >= 15 is 0 Å². The fourth-order valence-electron chi connectivity index (χ4n) is 3.26. The fourth-order valence-corrected chi connectivity index (χ4v) is 3.26. The summed E-state index contributed by atoms with van der Waals surface area (Å²) in [5.74, 6) is 1.63. The molecule has 150 valence electrons. The van der Waals surface area contributed by atoms with Crippen molar-refractivity contribution in [3.63, 3.8) is 0 Å². The van der Waals surface area contributed by atoms with Gasteiger partial charge in [-0.15, -0.1) is 17.5 Å². The third-order valence-electron chi connectivity index (χ3n) is 4.72. The molecule has 3 rings (SSSR count). The molecule has 0 bridgehead atoms. The van der Waals surface area contributed by atoms with Gasteiger partial charge in [0.2, 0.25) is 0 Å². The minimum absolute atomic E-state index is 0. The van der Waals surface area contributed by atoms with Crippen molar-refractivity contribution in [2.75, 3.05) is 26.7 Å². The number of benzene rings is 1. The molecule has 2 heterocycles. The zero-order valence-electron chi connectivity index (χ0n) is 15.2. The highest BCUT2D eigenvalue weighted by molar-refractivity contribution is 5.85. The zero-order valence-corrected chi connectivity index (χ0v) is 16.0. The summed E-state index contributed by atoms with van der Waals surface area (Å²) in [5, 5.41) is 15.1. The maximum absolute atomic E-state index is 12.2. The van der Waals surface area contributed by atoms with Crippen molar-refractivity contribution in [3.05, 3.63) is 30.1 Å². The van der Waals surface area contributed by atoms with E-state index in [-0.39, 0.29) is 18.2 Å². The molecule has 0 unspecified atom stereocenters. The lowest BCUT2D eigenvalue weighted by atomic mass is 9.93. The summed E-state index contributed by atoms with van der Waals surface area (Å²) in [7, 11) is 1.99. The van der Waals surface area contributed by atoms with Crippen molar-refractivity contribution in [3.8, 4) is 11.4 Å². The molecule has 1 fully saturated rings. The molecule has 0 atom stereocenters. The van der Waals surface area contributed by atoms with Crippen LogP contribution in [-0.4, -0.2) is 58.4 Å². The van der Waals surface area contributed by atoms with Crippen molar-refractivity contribution < 1.29 is 13.5 Å². The summed E-state index contributed by atoms with van der Waals surface area (Å²) >= 11 is 0. The van der Waals surface area contributed by atoms with E-state index < -0.39 is 6.61 Å². The number of tetrazole rings is 1. The first-order valence-corrected chi connectivity index (χ1v) is 8.85. The Morgan fingerprint density at radius 1 is 1.22 bits per heavy atom. The lowest BCUT2D eigenvalue weighted by Crippen LogP contribution is -2.34. The third-order valence-corrected chi connectivity index (χ3v) is 4.72. The van der Waals surface area contributed by atoms with Gasteiger partial charge in [0, 0.05) is 0 Å². The smallest absolute Gasteiger partial charge is 0.387 e. The molecule has 27 heavy (non-hydrogen) atoms. The van der Waals surface area contributed by atoms with Gasteiger partial charge in [0.1, 0.15) is 5.75 Å². The molecule has 0 radical (unpaired) electrons. The number of likely N-dealkylation sites (tertiary alicyclic amines) is 1. The number of nitrogens with one attached hydrogen (secondary N) is 1.